The first kappa shape index (κ1) is 12.8. The molecule has 0 aromatic heterocycles. The second kappa shape index (κ2) is 7.29. The van der Waals surface area contributed by atoms with Gasteiger partial charge in [-0.05, 0) is 0 Å². The Morgan fingerprint density at radius 1 is 1.44 bits per heavy atom. The van der Waals surface area contributed by atoms with Crippen molar-refractivity contribution in [1.29, 1.82) is 0 Å². The van der Waals surface area contributed by atoms with Gasteiger partial charge < -0.3 is 4.55 Å². The van der Waals surface area contributed by atoms with Crippen molar-refractivity contribution in [2.24, 2.45) is 0 Å². The Balaban J connectivity index is 0. The van der Waals surface area contributed by atoms with Crippen LogP contribution in [0.1, 0.15) is 0 Å². The molecule has 2 unspecified atom stereocenters. The van der Waals surface area contributed by atoms with Gasteiger partial charge in [0.2, 0.25) is 0 Å². The molecule has 0 aromatic rings. The Morgan fingerprint density at radius 2 is 1.89 bits per heavy atom. The summed E-state index contributed by atoms with van der Waals surface area (Å²) in [4.78, 5) is 0. The van der Waals surface area contributed by atoms with Crippen molar-refractivity contribution >= 4 is 22.7 Å². The number of hydrogen-bond donors (Lipinski definition) is 0. The summed E-state index contributed by atoms with van der Waals surface area (Å²) in [7, 11) is 1.06. The molecule has 0 aliphatic rings. The van der Waals surface area contributed by atoms with Crippen LogP contribution in [0.5, 0.6) is 0 Å². The molecule has 2 atom stereocenters. The zero-order valence-electron chi connectivity index (χ0n) is 4.86. The van der Waals surface area contributed by atoms with Crippen LogP contribution in [-0.4, -0.2) is 20.1 Å². The van der Waals surface area contributed by atoms with E-state index in [0.29, 0.717) is 0 Å². The monoisotopic (exact) mass is 182 g/mol. The minimum atomic E-state index is -2.77. The predicted molar refractivity (Wildman–Crippen MR) is 25.2 cm³/mol. The Kier molecular flexibility index (Phi) is 10.4. The van der Waals surface area contributed by atoms with E-state index in [1.165, 1.54) is 0 Å². The van der Waals surface area contributed by atoms with E-state index in [0.717, 1.165) is 7.11 Å². The summed E-state index contributed by atoms with van der Waals surface area (Å²) in [5.74, 6) is 0. The first-order chi connectivity index (χ1) is 3.66. The first-order valence-electron chi connectivity index (χ1n) is 1.41. The van der Waals surface area contributed by atoms with Gasteiger partial charge in [-0.15, -0.1) is 0 Å². The van der Waals surface area contributed by atoms with Gasteiger partial charge in [-0.3, -0.25) is 4.18 Å². The normalized spacial score (nSPS) is 15.8. The zero-order valence-corrected chi connectivity index (χ0v) is 8.49. The van der Waals surface area contributed by atoms with Crippen LogP contribution >= 0.6 is 0 Å². The van der Waals surface area contributed by atoms with Crippen LogP contribution in [0.25, 0.3) is 0 Å². The molecule has 50 valence electrons. The fourth-order valence-electron chi connectivity index (χ4n) is 0.0731. The third-order valence-electron chi connectivity index (χ3n) is 0.247. The van der Waals surface area contributed by atoms with E-state index in [-0.39, 0.29) is 29.6 Å². The molecular formula is CH3NaO5S2. The molecule has 0 radical (unpaired) electrons. The first-order valence-corrected chi connectivity index (χ1v) is 3.41. The summed E-state index contributed by atoms with van der Waals surface area (Å²) in [5.41, 5.74) is 0. The summed E-state index contributed by atoms with van der Waals surface area (Å²) in [5, 5.41) is 0. The minimum absolute atomic E-state index is 0. The van der Waals surface area contributed by atoms with E-state index in [1.54, 1.807) is 0 Å². The Bertz CT molecular complexity index is 114. The smallest absolute Gasteiger partial charge is 0.749 e. The molecule has 0 amide bonds. The quantitative estimate of drug-likeness (QED) is 0.328. The van der Waals surface area contributed by atoms with E-state index < -0.39 is 22.7 Å². The maximum Gasteiger partial charge on any atom is 1.00 e. The van der Waals surface area contributed by atoms with E-state index in [9.17, 15) is 13.0 Å². The second-order valence-corrected chi connectivity index (χ2v) is 2.34. The van der Waals surface area contributed by atoms with Crippen molar-refractivity contribution < 1.29 is 50.3 Å². The number of hydrogen-bond acceptors (Lipinski definition) is 5. The Hall–Kier alpha value is 1.18. The van der Waals surface area contributed by atoms with Crippen molar-refractivity contribution in [3.8, 4) is 0 Å². The van der Waals surface area contributed by atoms with Gasteiger partial charge in [-0.25, -0.2) is 4.21 Å². The van der Waals surface area contributed by atoms with Crippen LogP contribution in [-0.2, 0) is 30.5 Å². The van der Waals surface area contributed by atoms with Gasteiger partial charge >= 0.3 is 40.9 Å². The average Bonchev–Trinajstić information content (AvgIpc) is 1.65. The third kappa shape index (κ3) is 9.18. The van der Waals surface area contributed by atoms with Gasteiger partial charge in [-0.1, -0.05) is 0 Å². The molecule has 0 fully saturated rings. The van der Waals surface area contributed by atoms with Gasteiger partial charge in [0.15, 0.2) is 0 Å². The SMILES string of the molecule is COS(=O)OS(=O)[O-].[Na+]. The summed E-state index contributed by atoms with van der Waals surface area (Å²) in [6.07, 6.45) is 0. The van der Waals surface area contributed by atoms with E-state index >= 15 is 0 Å². The fraction of sp³-hybridized carbons (Fsp3) is 1.00. The van der Waals surface area contributed by atoms with Gasteiger partial charge in [-0.2, -0.15) is 7.84 Å². The zero-order chi connectivity index (χ0) is 6.57. The van der Waals surface area contributed by atoms with Crippen LogP contribution < -0.4 is 29.6 Å². The largest absolute Gasteiger partial charge is 1.00 e. The van der Waals surface area contributed by atoms with Crippen LogP contribution in [0.15, 0.2) is 0 Å². The Morgan fingerprint density at radius 3 is 2.00 bits per heavy atom. The summed E-state index contributed by atoms with van der Waals surface area (Å²) in [6, 6.07) is 0. The molecule has 0 aromatic carbocycles. The summed E-state index contributed by atoms with van der Waals surface area (Å²) >= 11 is -4.94. The standard InChI is InChI=1S/CH4O5S2.Na/c1-5-8(4)6-7(2)3;/h1H3,(H,2,3);/q;+1/p-1. The van der Waals surface area contributed by atoms with Gasteiger partial charge in [0.05, 0.1) is 7.11 Å². The molecule has 5 nitrogen and oxygen atoms in total. The van der Waals surface area contributed by atoms with Crippen molar-refractivity contribution in [2.75, 3.05) is 7.11 Å². The molecule has 0 saturated carbocycles. The van der Waals surface area contributed by atoms with E-state index in [2.05, 4.69) is 7.81 Å². The fourth-order valence-corrected chi connectivity index (χ4v) is 0.658. The molecule has 0 N–H and O–H groups in total. The summed E-state index contributed by atoms with van der Waals surface area (Å²) in [6.45, 7) is 0. The van der Waals surface area contributed by atoms with Crippen molar-refractivity contribution in [1.82, 2.24) is 0 Å². The predicted octanol–water partition coefficient (Wildman–Crippen LogP) is -3.97. The second-order valence-electron chi connectivity index (χ2n) is 0.643. The Labute approximate surface area is 79.8 Å². The topological polar surface area (TPSA) is 75.7 Å². The maximum atomic E-state index is 9.90. The van der Waals surface area contributed by atoms with Crippen LogP contribution in [0.2, 0.25) is 0 Å². The molecule has 8 heteroatoms. The van der Waals surface area contributed by atoms with E-state index in [4.69, 9.17) is 0 Å². The van der Waals surface area contributed by atoms with E-state index in [1.807, 2.05) is 0 Å². The molecule has 0 spiro atoms. The molecule has 9 heavy (non-hydrogen) atoms. The van der Waals surface area contributed by atoms with Crippen LogP contribution in [0, 0.1) is 0 Å². The molecule has 0 aliphatic carbocycles. The average molecular weight is 182 g/mol. The number of rotatable bonds is 3. The molecule has 0 rings (SSSR count). The molecule has 0 aliphatic heterocycles. The molecular weight excluding hydrogens is 179 g/mol. The van der Waals surface area contributed by atoms with Gasteiger partial charge in [0.25, 0.3) is 0 Å². The van der Waals surface area contributed by atoms with Crippen LogP contribution in [0.4, 0.5) is 0 Å². The van der Waals surface area contributed by atoms with Crippen molar-refractivity contribution in [2.45, 2.75) is 0 Å². The third-order valence-corrected chi connectivity index (χ3v) is 1.41. The summed E-state index contributed by atoms with van der Waals surface area (Å²) < 4.78 is 36.3. The molecule has 0 saturated heterocycles. The van der Waals surface area contributed by atoms with Gasteiger partial charge in [0, 0.05) is 0 Å². The maximum absolute atomic E-state index is 9.90. The van der Waals surface area contributed by atoms with Crippen molar-refractivity contribution in [3.05, 3.63) is 0 Å². The van der Waals surface area contributed by atoms with Gasteiger partial charge in [0.1, 0.15) is 11.4 Å². The minimum Gasteiger partial charge on any atom is -0.749 e. The van der Waals surface area contributed by atoms with Crippen molar-refractivity contribution in [3.63, 3.8) is 0 Å². The molecule has 0 bridgehead atoms. The van der Waals surface area contributed by atoms with Crippen LogP contribution in [0.3, 0.4) is 0 Å². The molecule has 0 heterocycles.